The second-order valence-electron chi connectivity index (χ2n) is 3.85. The van der Waals surface area contributed by atoms with Gasteiger partial charge >= 0.3 is 0 Å². The topological polar surface area (TPSA) is 37.4 Å². The molecule has 0 aliphatic carbocycles. The maximum absolute atomic E-state index is 12.3. The zero-order chi connectivity index (χ0) is 13.2. The predicted octanol–water partition coefficient (Wildman–Crippen LogP) is 3.52. The Balaban J connectivity index is 3.22. The van der Waals surface area contributed by atoms with Crippen molar-refractivity contribution < 1.29 is 8.42 Å². The third-order valence-electron chi connectivity index (χ3n) is 2.76. The molecule has 1 atom stereocenters. The molecule has 0 fully saturated rings. The van der Waals surface area contributed by atoms with E-state index >= 15 is 0 Å². The van der Waals surface area contributed by atoms with Gasteiger partial charge in [-0.15, -0.1) is 0 Å². The van der Waals surface area contributed by atoms with E-state index in [1.807, 2.05) is 13.8 Å². The molecule has 0 saturated carbocycles. The third kappa shape index (κ3) is 3.22. The highest BCUT2D eigenvalue weighted by Gasteiger charge is 2.26. The first kappa shape index (κ1) is 15.0. The highest BCUT2D eigenvalue weighted by molar-refractivity contribution is 9.10. The molecule has 0 amide bonds. The molecule has 17 heavy (non-hydrogen) atoms. The number of hydrogen-bond acceptors (Lipinski definition) is 2. The minimum absolute atomic E-state index is 0.0558. The van der Waals surface area contributed by atoms with Gasteiger partial charge < -0.3 is 0 Å². The lowest BCUT2D eigenvalue weighted by Gasteiger charge is -2.23. The molecule has 0 spiro atoms. The maximum atomic E-state index is 12.3. The van der Waals surface area contributed by atoms with Crippen LogP contribution in [0.2, 0.25) is 5.02 Å². The zero-order valence-electron chi connectivity index (χ0n) is 9.94. The van der Waals surface area contributed by atoms with E-state index in [0.29, 0.717) is 0 Å². The number of hydrogen-bond donors (Lipinski definition) is 0. The van der Waals surface area contributed by atoms with Gasteiger partial charge in [-0.05, 0) is 31.5 Å². The summed E-state index contributed by atoms with van der Waals surface area (Å²) >= 11 is 9.22. The van der Waals surface area contributed by atoms with Crippen LogP contribution in [0.3, 0.4) is 0 Å². The molecule has 6 heteroatoms. The number of nitrogens with zero attached hydrogens (tertiary/aromatic N) is 1. The zero-order valence-corrected chi connectivity index (χ0v) is 13.1. The standard InChI is InChI=1S/C11H15BrClNO2S/c1-4-8(2)14(3)17(15,16)11-6-5-9(12)7-10(11)13/h5-8H,4H2,1-3H3. The molecule has 96 valence electrons. The first-order chi connectivity index (χ1) is 7.80. The summed E-state index contributed by atoms with van der Waals surface area (Å²) < 4.78 is 26.7. The molecule has 0 heterocycles. The minimum atomic E-state index is -3.52. The van der Waals surface area contributed by atoms with Crippen LogP contribution < -0.4 is 0 Å². The number of benzene rings is 1. The van der Waals surface area contributed by atoms with Crippen molar-refractivity contribution in [3.63, 3.8) is 0 Å². The van der Waals surface area contributed by atoms with Gasteiger partial charge in [-0.1, -0.05) is 34.5 Å². The fourth-order valence-electron chi connectivity index (χ4n) is 1.33. The predicted molar refractivity (Wildman–Crippen MR) is 73.9 cm³/mol. The first-order valence-corrected chi connectivity index (χ1v) is 7.85. The maximum Gasteiger partial charge on any atom is 0.244 e. The van der Waals surface area contributed by atoms with Gasteiger partial charge in [0.05, 0.1) is 5.02 Å². The normalized spacial score (nSPS) is 14.0. The van der Waals surface area contributed by atoms with Gasteiger partial charge in [0.2, 0.25) is 10.0 Å². The van der Waals surface area contributed by atoms with Gasteiger partial charge in [-0.2, -0.15) is 4.31 Å². The fourth-order valence-corrected chi connectivity index (χ4v) is 3.78. The van der Waals surface area contributed by atoms with Crippen LogP contribution in [-0.4, -0.2) is 25.8 Å². The lowest BCUT2D eigenvalue weighted by Crippen LogP contribution is -2.34. The molecule has 0 aliphatic rings. The number of halogens is 2. The molecule has 1 unspecified atom stereocenters. The number of rotatable bonds is 4. The molecular weight excluding hydrogens is 326 g/mol. The van der Waals surface area contributed by atoms with E-state index in [1.54, 1.807) is 19.2 Å². The smallest absolute Gasteiger partial charge is 0.207 e. The van der Waals surface area contributed by atoms with Gasteiger partial charge in [0.15, 0.2) is 0 Å². The molecule has 1 aromatic carbocycles. The third-order valence-corrected chi connectivity index (χ3v) is 5.71. The molecular formula is C11H15BrClNO2S. The van der Waals surface area contributed by atoms with Crippen LogP contribution in [0.15, 0.2) is 27.6 Å². The molecule has 0 N–H and O–H groups in total. The highest BCUT2D eigenvalue weighted by Crippen LogP contribution is 2.28. The van der Waals surface area contributed by atoms with Crippen LogP contribution >= 0.6 is 27.5 Å². The Bertz CT molecular complexity index is 504. The Morgan fingerprint density at radius 2 is 2.06 bits per heavy atom. The Morgan fingerprint density at radius 3 is 2.53 bits per heavy atom. The first-order valence-electron chi connectivity index (χ1n) is 5.23. The Labute approximate surface area is 116 Å². The average molecular weight is 341 g/mol. The molecule has 0 aliphatic heterocycles. The molecule has 0 radical (unpaired) electrons. The quantitative estimate of drug-likeness (QED) is 0.841. The van der Waals surface area contributed by atoms with Crippen LogP contribution in [0.4, 0.5) is 0 Å². The summed E-state index contributed by atoms with van der Waals surface area (Å²) in [4.78, 5) is 0.144. The van der Waals surface area contributed by atoms with E-state index in [1.165, 1.54) is 10.4 Å². The molecule has 3 nitrogen and oxygen atoms in total. The SMILES string of the molecule is CCC(C)N(C)S(=O)(=O)c1ccc(Br)cc1Cl. The van der Waals surface area contributed by atoms with E-state index in [0.717, 1.165) is 10.9 Å². The highest BCUT2D eigenvalue weighted by atomic mass is 79.9. The van der Waals surface area contributed by atoms with Crippen molar-refractivity contribution in [2.24, 2.45) is 0 Å². The lowest BCUT2D eigenvalue weighted by atomic mass is 10.3. The van der Waals surface area contributed by atoms with Crippen LogP contribution in [0.5, 0.6) is 0 Å². The second kappa shape index (κ2) is 5.69. The molecule has 1 rings (SSSR count). The number of sulfonamides is 1. The summed E-state index contributed by atoms with van der Waals surface area (Å²) in [5.74, 6) is 0. The van der Waals surface area contributed by atoms with Crippen molar-refractivity contribution in [3.8, 4) is 0 Å². The van der Waals surface area contributed by atoms with Gasteiger partial charge in [0, 0.05) is 17.6 Å². The second-order valence-corrected chi connectivity index (χ2v) is 7.14. The van der Waals surface area contributed by atoms with Gasteiger partial charge in [0.1, 0.15) is 4.90 Å². The van der Waals surface area contributed by atoms with E-state index < -0.39 is 10.0 Å². The molecule has 0 aromatic heterocycles. The summed E-state index contributed by atoms with van der Waals surface area (Å²) in [5, 5.41) is 0.231. The van der Waals surface area contributed by atoms with E-state index in [-0.39, 0.29) is 16.0 Å². The summed E-state index contributed by atoms with van der Waals surface area (Å²) in [6, 6.07) is 4.71. The monoisotopic (exact) mass is 339 g/mol. The van der Waals surface area contributed by atoms with Crippen molar-refractivity contribution in [1.82, 2.24) is 4.31 Å². The summed E-state index contributed by atoms with van der Waals surface area (Å²) in [6.07, 6.45) is 0.754. The Hall–Kier alpha value is -0.100. The summed E-state index contributed by atoms with van der Waals surface area (Å²) in [6.45, 7) is 3.81. The van der Waals surface area contributed by atoms with Crippen LogP contribution in [0.25, 0.3) is 0 Å². The van der Waals surface area contributed by atoms with E-state index in [9.17, 15) is 8.42 Å². The van der Waals surface area contributed by atoms with Crippen LogP contribution in [0.1, 0.15) is 20.3 Å². The minimum Gasteiger partial charge on any atom is -0.207 e. The van der Waals surface area contributed by atoms with Gasteiger partial charge in [-0.25, -0.2) is 8.42 Å². The van der Waals surface area contributed by atoms with Crippen LogP contribution in [0, 0.1) is 0 Å². The van der Waals surface area contributed by atoms with Crippen molar-refractivity contribution in [3.05, 3.63) is 27.7 Å². The largest absolute Gasteiger partial charge is 0.244 e. The van der Waals surface area contributed by atoms with Crippen molar-refractivity contribution >= 4 is 37.6 Å². The van der Waals surface area contributed by atoms with Gasteiger partial charge in [0.25, 0.3) is 0 Å². The van der Waals surface area contributed by atoms with E-state index in [2.05, 4.69) is 15.9 Å². The fraction of sp³-hybridized carbons (Fsp3) is 0.455. The van der Waals surface area contributed by atoms with Crippen molar-refractivity contribution in [2.75, 3.05) is 7.05 Å². The van der Waals surface area contributed by atoms with Crippen molar-refractivity contribution in [1.29, 1.82) is 0 Å². The molecule has 0 bridgehead atoms. The van der Waals surface area contributed by atoms with Gasteiger partial charge in [-0.3, -0.25) is 0 Å². The molecule has 0 saturated heterocycles. The summed E-state index contributed by atoms with van der Waals surface area (Å²) in [7, 11) is -1.95. The lowest BCUT2D eigenvalue weighted by molar-refractivity contribution is 0.380. The average Bonchev–Trinajstić information content (AvgIpc) is 2.26. The Morgan fingerprint density at radius 1 is 1.47 bits per heavy atom. The summed E-state index contributed by atoms with van der Waals surface area (Å²) in [5.41, 5.74) is 0. The molecule has 1 aromatic rings. The van der Waals surface area contributed by atoms with Crippen LogP contribution in [-0.2, 0) is 10.0 Å². The Kier molecular flexibility index (Phi) is 5.01. The van der Waals surface area contributed by atoms with Crippen molar-refractivity contribution in [2.45, 2.75) is 31.2 Å². The van der Waals surface area contributed by atoms with E-state index in [4.69, 9.17) is 11.6 Å².